The Balaban J connectivity index is 1.69. The highest BCUT2D eigenvalue weighted by Crippen LogP contribution is 2.23. The van der Waals surface area contributed by atoms with Crippen LogP contribution in [0.5, 0.6) is 0 Å². The first-order chi connectivity index (χ1) is 13.9. The van der Waals surface area contributed by atoms with E-state index in [9.17, 15) is 14.4 Å². The Morgan fingerprint density at radius 3 is 2.28 bits per heavy atom. The van der Waals surface area contributed by atoms with Gasteiger partial charge in [0.2, 0.25) is 0 Å². The van der Waals surface area contributed by atoms with Crippen molar-refractivity contribution in [3.05, 3.63) is 63.5 Å². The van der Waals surface area contributed by atoms with E-state index in [0.29, 0.717) is 15.9 Å². The van der Waals surface area contributed by atoms with E-state index in [0.717, 1.165) is 28.1 Å². The molecule has 0 saturated carbocycles. The molecule has 0 saturated heterocycles. The van der Waals surface area contributed by atoms with Gasteiger partial charge in [-0.3, -0.25) is 19.3 Å². The topological polar surface area (TPSA) is 71.7 Å². The molecule has 0 fully saturated rings. The molecule has 0 radical (unpaired) electrons. The van der Waals surface area contributed by atoms with Gasteiger partial charge in [0.25, 0.3) is 17.7 Å². The molecule has 6 nitrogen and oxygen atoms in total. The van der Waals surface area contributed by atoms with Crippen LogP contribution in [0.15, 0.2) is 41.4 Å². The molecule has 0 bridgehead atoms. The van der Waals surface area contributed by atoms with E-state index in [1.807, 2.05) is 4.57 Å². The van der Waals surface area contributed by atoms with Crippen LogP contribution >= 0.6 is 11.3 Å². The molecule has 2 heterocycles. The second-order valence-electron chi connectivity index (χ2n) is 7.19. The highest BCUT2D eigenvalue weighted by Gasteiger charge is 2.36. The lowest BCUT2D eigenvalue weighted by molar-refractivity contribution is -0.118. The number of amides is 3. The number of carbonyl (C=O) groups is 3. The van der Waals surface area contributed by atoms with Gasteiger partial charge in [-0.2, -0.15) is 4.99 Å². The zero-order valence-electron chi connectivity index (χ0n) is 16.6. The zero-order chi connectivity index (χ0) is 20.7. The first-order valence-electron chi connectivity index (χ1n) is 9.54. The van der Waals surface area contributed by atoms with E-state index in [2.05, 4.69) is 37.9 Å². The minimum absolute atomic E-state index is 0.333. The number of aryl methyl sites for hydroxylation is 3. The summed E-state index contributed by atoms with van der Waals surface area (Å²) in [7, 11) is 0. The molecule has 4 rings (SSSR count). The van der Waals surface area contributed by atoms with Gasteiger partial charge >= 0.3 is 0 Å². The van der Waals surface area contributed by atoms with Gasteiger partial charge in [0.15, 0.2) is 4.80 Å². The molecule has 29 heavy (non-hydrogen) atoms. The largest absolute Gasteiger partial charge is 0.316 e. The smallest absolute Gasteiger partial charge is 0.268 e. The molecule has 3 aromatic rings. The standard InChI is InChI=1S/C22H21N3O3S/c1-4-9-24-17-10-13(2)14(3)11-18(17)29-22(24)23-19(26)12-25-20(27)15-7-5-6-8-16(15)21(25)28/h5-8,10-11H,4,9,12H2,1-3H3. The maximum Gasteiger partial charge on any atom is 0.268 e. The van der Waals surface area contributed by atoms with Gasteiger partial charge in [-0.15, -0.1) is 0 Å². The number of hydrogen-bond acceptors (Lipinski definition) is 4. The van der Waals surface area contributed by atoms with E-state index < -0.39 is 17.7 Å². The number of hydrogen-bond donors (Lipinski definition) is 0. The van der Waals surface area contributed by atoms with Gasteiger partial charge in [-0.1, -0.05) is 30.4 Å². The molecule has 0 aliphatic carbocycles. The summed E-state index contributed by atoms with van der Waals surface area (Å²) >= 11 is 1.45. The van der Waals surface area contributed by atoms with Crippen LogP contribution in [0.3, 0.4) is 0 Å². The summed E-state index contributed by atoms with van der Waals surface area (Å²) in [6, 6.07) is 10.8. The third-order valence-electron chi connectivity index (χ3n) is 5.14. The lowest BCUT2D eigenvalue weighted by Crippen LogP contribution is -2.35. The summed E-state index contributed by atoms with van der Waals surface area (Å²) in [5, 5.41) is 0. The molecule has 148 valence electrons. The second kappa shape index (κ2) is 7.40. The van der Waals surface area contributed by atoms with Crippen LogP contribution in [0.2, 0.25) is 0 Å². The lowest BCUT2D eigenvalue weighted by atomic mass is 10.1. The summed E-state index contributed by atoms with van der Waals surface area (Å²) in [5.74, 6) is -1.40. The number of fused-ring (bicyclic) bond motifs is 2. The molecule has 1 aromatic heterocycles. The number of nitrogens with zero attached hydrogens (tertiary/aromatic N) is 3. The quantitative estimate of drug-likeness (QED) is 0.622. The molecule has 0 unspecified atom stereocenters. The van der Waals surface area contributed by atoms with Crippen molar-refractivity contribution in [2.24, 2.45) is 4.99 Å². The Morgan fingerprint density at radius 1 is 1.03 bits per heavy atom. The van der Waals surface area contributed by atoms with Crippen LogP contribution in [0.4, 0.5) is 0 Å². The highest BCUT2D eigenvalue weighted by molar-refractivity contribution is 7.16. The zero-order valence-corrected chi connectivity index (χ0v) is 17.4. The molecule has 0 atom stereocenters. The van der Waals surface area contributed by atoms with Crippen LogP contribution in [0.25, 0.3) is 10.2 Å². The second-order valence-corrected chi connectivity index (χ2v) is 8.20. The third kappa shape index (κ3) is 3.31. The van der Waals surface area contributed by atoms with Gasteiger partial charge in [0.05, 0.1) is 21.3 Å². The lowest BCUT2D eigenvalue weighted by Gasteiger charge is -2.10. The first kappa shape index (κ1) is 19.3. The van der Waals surface area contributed by atoms with Crippen molar-refractivity contribution >= 4 is 39.3 Å². The molecule has 0 N–H and O–H groups in total. The van der Waals surface area contributed by atoms with Gasteiger partial charge in [0.1, 0.15) is 6.54 Å². The Morgan fingerprint density at radius 2 is 1.66 bits per heavy atom. The third-order valence-corrected chi connectivity index (χ3v) is 6.18. The van der Waals surface area contributed by atoms with Crippen molar-refractivity contribution in [2.75, 3.05) is 6.54 Å². The SMILES string of the molecule is CCCn1c(=NC(=O)CN2C(=O)c3ccccc3C2=O)sc2cc(C)c(C)cc21. The fourth-order valence-corrected chi connectivity index (χ4v) is 4.66. The number of carbonyl (C=O) groups excluding carboxylic acids is 3. The Hall–Kier alpha value is -3.06. The van der Waals surface area contributed by atoms with E-state index in [-0.39, 0.29) is 6.54 Å². The molecule has 1 aliphatic heterocycles. The number of imide groups is 1. The maximum atomic E-state index is 12.7. The fraction of sp³-hybridized carbons (Fsp3) is 0.273. The van der Waals surface area contributed by atoms with E-state index in [1.165, 1.54) is 22.5 Å². The summed E-state index contributed by atoms with van der Waals surface area (Å²) in [6.45, 7) is 6.57. The number of thiazole rings is 1. The minimum atomic E-state index is -0.510. The monoisotopic (exact) mass is 407 g/mol. The molecule has 7 heteroatoms. The molecule has 2 aromatic carbocycles. The molecular formula is C22H21N3O3S. The molecular weight excluding hydrogens is 386 g/mol. The van der Waals surface area contributed by atoms with Crippen LogP contribution in [0.1, 0.15) is 45.2 Å². The Labute approximate surface area is 172 Å². The van der Waals surface area contributed by atoms with Gasteiger partial charge in [-0.05, 0) is 55.7 Å². The normalized spacial score (nSPS) is 14.2. The van der Waals surface area contributed by atoms with E-state index in [4.69, 9.17) is 0 Å². The van der Waals surface area contributed by atoms with E-state index in [1.54, 1.807) is 24.3 Å². The van der Waals surface area contributed by atoms with E-state index >= 15 is 0 Å². The average Bonchev–Trinajstić information content (AvgIpc) is 3.13. The van der Waals surface area contributed by atoms with Gasteiger partial charge in [-0.25, -0.2) is 0 Å². The predicted octanol–water partition coefficient (Wildman–Crippen LogP) is 3.45. The predicted molar refractivity (Wildman–Crippen MR) is 112 cm³/mol. The number of rotatable bonds is 4. The Kier molecular flexibility index (Phi) is 4.92. The number of aromatic nitrogens is 1. The highest BCUT2D eigenvalue weighted by atomic mass is 32.1. The molecule has 3 amide bonds. The van der Waals surface area contributed by atoms with Crippen molar-refractivity contribution < 1.29 is 14.4 Å². The van der Waals surface area contributed by atoms with Crippen molar-refractivity contribution in [1.29, 1.82) is 0 Å². The summed E-state index contributed by atoms with van der Waals surface area (Å²) in [4.78, 5) is 43.5. The van der Waals surface area contributed by atoms with Crippen LogP contribution in [-0.4, -0.2) is 33.7 Å². The van der Waals surface area contributed by atoms with Crippen LogP contribution < -0.4 is 4.80 Å². The Bertz CT molecular complexity index is 1200. The van der Waals surface area contributed by atoms with Crippen LogP contribution in [-0.2, 0) is 11.3 Å². The van der Waals surface area contributed by atoms with Crippen LogP contribution in [0, 0.1) is 13.8 Å². The summed E-state index contributed by atoms with van der Waals surface area (Å²) in [5.41, 5.74) is 4.08. The minimum Gasteiger partial charge on any atom is -0.316 e. The van der Waals surface area contributed by atoms with Gasteiger partial charge in [0, 0.05) is 6.54 Å². The van der Waals surface area contributed by atoms with Crippen molar-refractivity contribution in [2.45, 2.75) is 33.7 Å². The summed E-state index contributed by atoms with van der Waals surface area (Å²) in [6.07, 6.45) is 0.901. The van der Waals surface area contributed by atoms with Crippen molar-refractivity contribution in [3.63, 3.8) is 0 Å². The average molecular weight is 407 g/mol. The number of benzene rings is 2. The van der Waals surface area contributed by atoms with Gasteiger partial charge < -0.3 is 4.57 Å². The fourth-order valence-electron chi connectivity index (χ4n) is 3.51. The van der Waals surface area contributed by atoms with Crippen molar-refractivity contribution in [3.8, 4) is 0 Å². The maximum absolute atomic E-state index is 12.7. The molecule has 1 aliphatic rings. The van der Waals surface area contributed by atoms with Crippen molar-refractivity contribution in [1.82, 2.24) is 9.47 Å². The molecule has 0 spiro atoms. The summed E-state index contributed by atoms with van der Waals surface area (Å²) < 4.78 is 3.10. The first-order valence-corrected chi connectivity index (χ1v) is 10.4.